The second-order valence-corrected chi connectivity index (χ2v) is 3.50. The minimum absolute atomic E-state index is 0.135. The van der Waals surface area contributed by atoms with E-state index >= 15 is 0 Å². The highest BCUT2D eigenvalue weighted by molar-refractivity contribution is 6.40. The minimum Gasteiger partial charge on any atom is -0.459 e. The monoisotopic (exact) mass is 226 g/mol. The van der Waals surface area contributed by atoms with Crippen molar-refractivity contribution in [2.75, 3.05) is 0 Å². The highest BCUT2D eigenvalue weighted by atomic mass is 35.5. The summed E-state index contributed by atoms with van der Waals surface area (Å²) in [7, 11) is 0. The highest BCUT2D eigenvalue weighted by Gasteiger charge is 2.21. The topological polar surface area (TPSA) is 43.4 Å². The fraction of sp³-hybridized carbons (Fsp3) is 0.273. The maximum absolute atomic E-state index is 11.2. The van der Waals surface area contributed by atoms with Crippen LogP contribution in [0.25, 0.3) is 0 Å². The lowest BCUT2D eigenvalue weighted by Gasteiger charge is -2.06. The lowest BCUT2D eigenvalue weighted by Crippen LogP contribution is -2.24. The predicted molar refractivity (Wildman–Crippen MR) is 56.6 cm³/mol. The van der Waals surface area contributed by atoms with Crippen LogP contribution in [0, 0.1) is 0 Å². The summed E-state index contributed by atoms with van der Waals surface area (Å²) in [5.74, 6) is -1.11. The zero-order chi connectivity index (χ0) is 11.3. The average Bonchev–Trinajstić information content (AvgIpc) is 2.26. The molecular weight excluding hydrogens is 216 g/mol. The van der Waals surface area contributed by atoms with E-state index < -0.39 is 17.1 Å². The first-order valence-corrected chi connectivity index (χ1v) is 4.90. The molecule has 1 aromatic rings. The molecule has 0 aliphatic heterocycles. The van der Waals surface area contributed by atoms with Gasteiger partial charge in [-0.05, 0) is 12.5 Å². The van der Waals surface area contributed by atoms with Crippen LogP contribution in [-0.4, -0.2) is 17.1 Å². The van der Waals surface area contributed by atoms with Gasteiger partial charge in [0.1, 0.15) is 6.61 Å². The molecule has 0 N–H and O–H groups in total. The van der Waals surface area contributed by atoms with Crippen molar-refractivity contribution in [3.05, 3.63) is 35.9 Å². The molecule has 0 bridgehead atoms. The zero-order valence-corrected chi connectivity index (χ0v) is 9.03. The van der Waals surface area contributed by atoms with Gasteiger partial charge in [-0.3, -0.25) is 4.79 Å². The van der Waals surface area contributed by atoms with Gasteiger partial charge in [0.25, 0.3) is 0 Å². The number of halogens is 1. The van der Waals surface area contributed by atoms with Gasteiger partial charge in [-0.25, -0.2) is 4.79 Å². The normalized spacial score (nSPS) is 11.9. The SMILES string of the molecule is CC(=O)[C@@H](Cl)C(=O)OCc1ccccc1. The van der Waals surface area contributed by atoms with Crippen LogP contribution in [0.1, 0.15) is 12.5 Å². The second-order valence-electron chi connectivity index (χ2n) is 3.07. The molecule has 0 saturated heterocycles. The number of Topliss-reactive ketones (excluding diaryl/α,β-unsaturated/α-hetero) is 1. The highest BCUT2D eigenvalue weighted by Crippen LogP contribution is 2.05. The number of benzene rings is 1. The van der Waals surface area contributed by atoms with E-state index in [1.807, 2.05) is 30.3 Å². The average molecular weight is 227 g/mol. The number of carbonyl (C=O) groups excluding carboxylic acids is 2. The van der Waals surface area contributed by atoms with E-state index in [9.17, 15) is 9.59 Å². The number of alkyl halides is 1. The molecule has 0 amide bonds. The van der Waals surface area contributed by atoms with Gasteiger partial charge in [-0.2, -0.15) is 0 Å². The van der Waals surface area contributed by atoms with Gasteiger partial charge in [-0.15, -0.1) is 11.6 Å². The Labute approximate surface area is 93.0 Å². The van der Waals surface area contributed by atoms with E-state index in [-0.39, 0.29) is 6.61 Å². The maximum atomic E-state index is 11.2. The predicted octanol–water partition coefficient (Wildman–Crippen LogP) is 1.93. The summed E-state index contributed by atoms with van der Waals surface area (Å²) in [4.78, 5) is 21.9. The van der Waals surface area contributed by atoms with E-state index in [0.717, 1.165) is 5.56 Å². The van der Waals surface area contributed by atoms with Crippen LogP contribution in [-0.2, 0) is 20.9 Å². The molecule has 0 aliphatic rings. The molecule has 0 radical (unpaired) electrons. The second kappa shape index (κ2) is 5.51. The smallest absolute Gasteiger partial charge is 0.332 e. The van der Waals surface area contributed by atoms with Gasteiger partial charge >= 0.3 is 5.97 Å². The Hall–Kier alpha value is -1.35. The Morgan fingerprint density at radius 2 is 1.93 bits per heavy atom. The number of carbonyl (C=O) groups is 2. The Kier molecular flexibility index (Phi) is 4.31. The standard InChI is InChI=1S/C11H11ClO3/c1-8(13)10(12)11(14)15-7-9-5-3-2-4-6-9/h2-6,10H,7H2,1H3/t10-/m1/s1. The van der Waals surface area contributed by atoms with Crippen LogP contribution >= 0.6 is 11.6 Å². The summed E-state index contributed by atoms with van der Waals surface area (Å²) >= 11 is 5.51. The van der Waals surface area contributed by atoms with Crippen molar-refractivity contribution in [2.24, 2.45) is 0 Å². The molecule has 15 heavy (non-hydrogen) atoms. The molecule has 4 heteroatoms. The molecule has 0 heterocycles. The van der Waals surface area contributed by atoms with Crippen LogP contribution in [0.3, 0.4) is 0 Å². The van der Waals surface area contributed by atoms with Gasteiger partial charge in [0, 0.05) is 0 Å². The molecule has 1 atom stereocenters. The molecule has 0 saturated carbocycles. The van der Waals surface area contributed by atoms with Gasteiger partial charge < -0.3 is 4.74 Å². The fourth-order valence-corrected chi connectivity index (χ4v) is 1.03. The summed E-state index contributed by atoms with van der Waals surface area (Å²) in [6.45, 7) is 1.39. The van der Waals surface area contributed by atoms with Crippen LogP contribution in [0.4, 0.5) is 0 Å². The van der Waals surface area contributed by atoms with Crippen molar-refractivity contribution in [3.8, 4) is 0 Å². The lowest BCUT2D eigenvalue weighted by molar-refractivity contribution is -0.146. The fourth-order valence-electron chi connectivity index (χ4n) is 0.968. The molecule has 80 valence electrons. The largest absolute Gasteiger partial charge is 0.459 e. The summed E-state index contributed by atoms with van der Waals surface area (Å²) in [6, 6.07) is 9.19. The van der Waals surface area contributed by atoms with Crippen LogP contribution in [0.5, 0.6) is 0 Å². The molecule has 1 aromatic carbocycles. The molecule has 1 rings (SSSR count). The maximum Gasteiger partial charge on any atom is 0.332 e. The lowest BCUT2D eigenvalue weighted by atomic mass is 10.2. The number of ketones is 1. The number of ether oxygens (including phenoxy) is 1. The zero-order valence-electron chi connectivity index (χ0n) is 8.27. The first-order valence-electron chi connectivity index (χ1n) is 4.46. The summed E-state index contributed by atoms with van der Waals surface area (Å²) in [5, 5.41) is -1.20. The number of esters is 1. The van der Waals surface area contributed by atoms with Gasteiger partial charge in [0.05, 0.1) is 0 Å². The van der Waals surface area contributed by atoms with E-state index in [1.165, 1.54) is 6.92 Å². The Bertz CT molecular complexity index is 348. The van der Waals surface area contributed by atoms with E-state index in [0.29, 0.717) is 0 Å². The quantitative estimate of drug-likeness (QED) is 0.448. The first-order chi connectivity index (χ1) is 7.11. The molecule has 3 nitrogen and oxygen atoms in total. The van der Waals surface area contributed by atoms with Crippen molar-refractivity contribution in [2.45, 2.75) is 18.9 Å². The van der Waals surface area contributed by atoms with Crippen molar-refractivity contribution in [1.82, 2.24) is 0 Å². The van der Waals surface area contributed by atoms with Crippen molar-refractivity contribution in [3.63, 3.8) is 0 Å². The number of hydrogen-bond acceptors (Lipinski definition) is 3. The Morgan fingerprint density at radius 1 is 1.33 bits per heavy atom. The number of hydrogen-bond donors (Lipinski definition) is 0. The van der Waals surface area contributed by atoms with Crippen molar-refractivity contribution >= 4 is 23.4 Å². The summed E-state index contributed by atoms with van der Waals surface area (Å²) in [5.41, 5.74) is 0.860. The van der Waals surface area contributed by atoms with Gasteiger partial charge in [0.2, 0.25) is 0 Å². The molecular formula is C11H11ClO3. The van der Waals surface area contributed by atoms with E-state index in [1.54, 1.807) is 0 Å². The third-order valence-corrected chi connectivity index (χ3v) is 2.27. The van der Waals surface area contributed by atoms with E-state index in [4.69, 9.17) is 16.3 Å². The summed E-state index contributed by atoms with van der Waals surface area (Å²) < 4.78 is 4.86. The third-order valence-electron chi connectivity index (χ3n) is 1.79. The molecule has 0 spiro atoms. The Morgan fingerprint density at radius 3 is 2.47 bits per heavy atom. The summed E-state index contributed by atoms with van der Waals surface area (Å²) in [6.07, 6.45) is 0. The molecule has 0 aromatic heterocycles. The van der Waals surface area contributed by atoms with Gasteiger partial charge in [0.15, 0.2) is 11.2 Å². The molecule has 0 aliphatic carbocycles. The van der Waals surface area contributed by atoms with Gasteiger partial charge in [-0.1, -0.05) is 30.3 Å². The van der Waals surface area contributed by atoms with Crippen LogP contribution in [0.2, 0.25) is 0 Å². The minimum atomic E-state index is -1.20. The first kappa shape index (κ1) is 11.7. The van der Waals surface area contributed by atoms with Crippen LogP contribution in [0.15, 0.2) is 30.3 Å². The Balaban J connectivity index is 2.44. The third kappa shape index (κ3) is 3.72. The van der Waals surface area contributed by atoms with Crippen LogP contribution < -0.4 is 0 Å². The van der Waals surface area contributed by atoms with E-state index in [2.05, 4.69) is 0 Å². The molecule has 0 unspecified atom stereocenters. The molecule has 0 fully saturated rings. The van der Waals surface area contributed by atoms with Crippen molar-refractivity contribution in [1.29, 1.82) is 0 Å². The van der Waals surface area contributed by atoms with Crippen molar-refractivity contribution < 1.29 is 14.3 Å². The number of rotatable bonds is 4.